The summed E-state index contributed by atoms with van der Waals surface area (Å²) in [4.78, 5) is 12.0. The maximum atomic E-state index is 10.2. The summed E-state index contributed by atoms with van der Waals surface area (Å²) in [5, 5.41) is 8.41. The van der Waals surface area contributed by atoms with Crippen molar-refractivity contribution in [3.63, 3.8) is 0 Å². The molecule has 0 atom stereocenters. The van der Waals surface area contributed by atoms with Gasteiger partial charge in [0, 0.05) is 12.2 Å². The van der Waals surface area contributed by atoms with Crippen molar-refractivity contribution in [2.75, 3.05) is 13.1 Å². The summed E-state index contributed by atoms with van der Waals surface area (Å²) in [6, 6.07) is 0. The van der Waals surface area contributed by atoms with Crippen LogP contribution in [0.3, 0.4) is 0 Å². The van der Waals surface area contributed by atoms with Crippen molar-refractivity contribution < 1.29 is 9.90 Å². The highest BCUT2D eigenvalue weighted by Crippen LogP contribution is 2.17. The lowest BCUT2D eigenvalue weighted by Crippen LogP contribution is -2.24. The first-order valence-corrected chi connectivity index (χ1v) is 3.34. The molecule has 1 heterocycles. The van der Waals surface area contributed by atoms with E-state index in [0.29, 0.717) is 0 Å². The van der Waals surface area contributed by atoms with Crippen LogP contribution in [0, 0.1) is 0 Å². The Balaban J connectivity index is 2.40. The first kappa shape index (κ1) is 7.12. The average molecular weight is 141 g/mol. The number of carboxylic acid groups (broad SMARTS) is 1. The van der Waals surface area contributed by atoms with Crippen LogP contribution in [0.4, 0.5) is 0 Å². The van der Waals surface area contributed by atoms with E-state index >= 15 is 0 Å². The second-order valence-corrected chi connectivity index (χ2v) is 2.49. The smallest absolute Gasteiger partial charge is 0.323 e. The number of likely N-dealkylation sites (tertiary alicyclic amines) is 1. The van der Waals surface area contributed by atoms with Crippen LogP contribution >= 0.6 is 0 Å². The highest BCUT2D eigenvalue weighted by atomic mass is 16.4. The zero-order valence-corrected chi connectivity index (χ0v) is 5.84. The molecule has 0 radical (unpaired) electrons. The van der Waals surface area contributed by atoms with Gasteiger partial charge in [0.1, 0.15) is 6.54 Å². The molecule has 1 fully saturated rings. The van der Waals surface area contributed by atoms with Gasteiger partial charge in [0.15, 0.2) is 0 Å². The lowest BCUT2D eigenvalue weighted by Gasteiger charge is -2.15. The van der Waals surface area contributed by atoms with Gasteiger partial charge in [-0.15, -0.1) is 0 Å². The fraction of sp³-hybridized carbons (Fsp3) is 0.571. The van der Waals surface area contributed by atoms with E-state index in [-0.39, 0.29) is 6.54 Å². The number of aliphatic carboxylic acids is 1. The first-order valence-electron chi connectivity index (χ1n) is 3.34. The van der Waals surface area contributed by atoms with Crippen LogP contribution in [-0.4, -0.2) is 29.1 Å². The Hall–Kier alpha value is -0.990. The van der Waals surface area contributed by atoms with Gasteiger partial charge in [0.05, 0.1) is 0 Å². The van der Waals surface area contributed by atoms with Gasteiger partial charge in [-0.3, -0.25) is 4.79 Å². The maximum Gasteiger partial charge on any atom is 0.323 e. The predicted octanol–water partition coefficient (Wildman–Crippen LogP) is 0.680. The fourth-order valence-corrected chi connectivity index (χ4v) is 1.14. The molecule has 56 valence electrons. The molecule has 0 aromatic rings. The number of rotatable bonds is 2. The van der Waals surface area contributed by atoms with Crippen molar-refractivity contribution in [3.05, 3.63) is 12.3 Å². The molecule has 0 aromatic heterocycles. The Morgan fingerprint density at radius 1 is 1.80 bits per heavy atom. The zero-order valence-electron chi connectivity index (χ0n) is 5.84. The van der Waals surface area contributed by atoms with Gasteiger partial charge in [-0.05, 0) is 12.8 Å². The molecule has 0 spiro atoms. The van der Waals surface area contributed by atoms with Crippen molar-refractivity contribution in [1.29, 1.82) is 0 Å². The third-order valence-electron chi connectivity index (χ3n) is 1.67. The topological polar surface area (TPSA) is 40.5 Å². The summed E-state index contributed by atoms with van der Waals surface area (Å²) in [7, 11) is 0. The Labute approximate surface area is 59.9 Å². The quantitative estimate of drug-likeness (QED) is 0.614. The average Bonchev–Trinajstić information content (AvgIpc) is 2.15. The van der Waals surface area contributed by atoms with Crippen LogP contribution in [0.25, 0.3) is 0 Å². The summed E-state index contributed by atoms with van der Waals surface area (Å²) in [5.41, 5.74) is 0.961. The van der Waals surface area contributed by atoms with Gasteiger partial charge in [-0.2, -0.15) is 0 Å². The largest absolute Gasteiger partial charge is 0.480 e. The lowest BCUT2D eigenvalue weighted by molar-refractivity contribution is -0.137. The molecule has 1 N–H and O–H groups in total. The highest BCUT2D eigenvalue weighted by Gasteiger charge is 2.16. The molecule has 1 saturated heterocycles. The minimum absolute atomic E-state index is 0.110. The van der Waals surface area contributed by atoms with E-state index in [1.807, 2.05) is 4.90 Å². The molecular weight excluding hydrogens is 130 g/mol. The molecule has 3 heteroatoms. The van der Waals surface area contributed by atoms with E-state index in [1.54, 1.807) is 0 Å². The Bertz CT molecular complexity index is 165. The van der Waals surface area contributed by atoms with E-state index in [4.69, 9.17) is 5.11 Å². The van der Waals surface area contributed by atoms with E-state index < -0.39 is 5.97 Å². The van der Waals surface area contributed by atoms with Gasteiger partial charge >= 0.3 is 5.97 Å². The van der Waals surface area contributed by atoms with Crippen LogP contribution < -0.4 is 0 Å². The zero-order chi connectivity index (χ0) is 7.56. The van der Waals surface area contributed by atoms with E-state index in [2.05, 4.69) is 6.58 Å². The number of hydrogen-bond acceptors (Lipinski definition) is 2. The predicted molar refractivity (Wildman–Crippen MR) is 37.6 cm³/mol. The lowest BCUT2D eigenvalue weighted by atomic mass is 10.3. The second-order valence-electron chi connectivity index (χ2n) is 2.49. The van der Waals surface area contributed by atoms with Gasteiger partial charge in [0.25, 0.3) is 0 Å². The SMILES string of the molecule is C=C1CCCN1CC(=O)O. The number of carboxylic acids is 1. The van der Waals surface area contributed by atoms with Crippen molar-refractivity contribution in [2.45, 2.75) is 12.8 Å². The van der Waals surface area contributed by atoms with Crippen molar-refractivity contribution in [2.24, 2.45) is 0 Å². The number of nitrogens with zero attached hydrogens (tertiary/aromatic N) is 1. The molecule has 0 aliphatic carbocycles. The van der Waals surface area contributed by atoms with Crippen LogP contribution in [-0.2, 0) is 4.79 Å². The Kier molecular flexibility index (Phi) is 1.94. The molecular formula is C7H11NO2. The highest BCUT2D eigenvalue weighted by molar-refractivity contribution is 5.69. The third-order valence-corrected chi connectivity index (χ3v) is 1.67. The van der Waals surface area contributed by atoms with Crippen molar-refractivity contribution >= 4 is 5.97 Å². The van der Waals surface area contributed by atoms with E-state index in [9.17, 15) is 4.79 Å². The summed E-state index contributed by atoms with van der Waals surface area (Å²) in [6.07, 6.45) is 2.00. The van der Waals surface area contributed by atoms with Gasteiger partial charge in [0.2, 0.25) is 0 Å². The van der Waals surface area contributed by atoms with Crippen LogP contribution in [0.2, 0.25) is 0 Å². The minimum Gasteiger partial charge on any atom is -0.480 e. The van der Waals surface area contributed by atoms with Gasteiger partial charge in [-0.25, -0.2) is 0 Å². The molecule has 0 bridgehead atoms. The van der Waals surface area contributed by atoms with Crippen LogP contribution in [0.5, 0.6) is 0 Å². The van der Waals surface area contributed by atoms with Crippen molar-refractivity contribution in [1.82, 2.24) is 4.90 Å². The number of carbonyl (C=O) groups is 1. The normalized spacial score (nSPS) is 18.0. The van der Waals surface area contributed by atoms with Crippen molar-refractivity contribution in [3.8, 4) is 0 Å². The summed E-state index contributed by atoms with van der Waals surface area (Å²) in [6.45, 7) is 4.71. The van der Waals surface area contributed by atoms with Crippen LogP contribution in [0.15, 0.2) is 12.3 Å². The summed E-state index contributed by atoms with van der Waals surface area (Å²) < 4.78 is 0. The molecule has 0 saturated carbocycles. The maximum absolute atomic E-state index is 10.2. The number of allylic oxidation sites excluding steroid dienone is 1. The first-order chi connectivity index (χ1) is 4.70. The number of hydrogen-bond donors (Lipinski definition) is 1. The molecule has 1 rings (SSSR count). The molecule has 1 aliphatic rings. The van der Waals surface area contributed by atoms with Crippen LogP contribution in [0.1, 0.15) is 12.8 Å². The van der Waals surface area contributed by atoms with Gasteiger partial charge < -0.3 is 10.0 Å². The minimum atomic E-state index is -0.775. The molecule has 0 aromatic carbocycles. The monoisotopic (exact) mass is 141 g/mol. The van der Waals surface area contributed by atoms with E-state index in [0.717, 1.165) is 25.1 Å². The Morgan fingerprint density at radius 3 is 2.90 bits per heavy atom. The standard InChI is InChI=1S/C7H11NO2/c1-6-3-2-4-8(6)5-7(9)10/h1-5H2,(H,9,10). The molecule has 1 aliphatic heterocycles. The van der Waals surface area contributed by atoms with E-state index in [1.165, 1.54) is 0 Å². The summed E-state index contributed by atoms with van der Waals surface area (Å²) >= 11 is 0. The molecule has 10 heavy (non-hydrogen) atoms. The third kappa shape index (κ3) is 1.50. The molecule has 0 unspecified atom stereocenters. The Morgan fingerprint density at radius 2 is 2.50 bits per heavy atom. The van der Waals surface area contributed by atoms with Gasteiger partial charge in [-0.1, -0.05) is 6.58 Å². The molecule has 3 nitrogen and oxygen atoms in total. The second kappa shape index (κ2) is 2.73. The molecule has 0 amide bonds. The fourth-order valence-electron chi connectivity index (χ4n) is 1.14. The summed E-state index contributed by atoms with van der Waals surface area (Å²) in [5.74, 6) is -0.775.